The number of ether oxygens (including phenoxy) is 6. The zero-order valence-electron chi connectivity index (χ0n) is 73.4. The van der Waals surface area contributed by atoms with E-state index in [1.54, 1.807) is 54.1 Å². The van der Waals surface area contributed by atoms with Crippen LogP contribution in [-0.4, -0.2) is 200 Å². The molecule has 0 spiro atoms. The van der Waals surface area contributed by atoms with Gasteiger partial charge in [0.15, 0.2) is 48.8 Å². The van der Waals surface area contributed by atoms with Crippen LogP contribution in [-0.2, 0) is 33.4 Å². The van der Waals surface area contributed by atoms with Crippen molar-refractivity contribution < 1.29 is 203 Å². The number of aliphatic hydroxyl groups excluding tert-OH is 8. The minimum absolute atomic E-state index is 0.0140. The summed E-state index contributed by atoms with van der Waals surface area (Å²) in [6, 6.07) is 49.0. The van der Waals surface area contributed by atoms with Crippen molar-refractivity contribution in [3.63, 3.8) is 0 Å². The molecule has 0 saturated carbocycles. The Kier molecular flexibility index (Phi) is 53.1. The number of carbonyl (C=O) groups excluding carboxylic acids is 6. The largest absolute Gasteiger partial charge is 0.513 e. The van der Waals surface area contributed by atoms with E-state index in [1.165, 1.54) is 100 Å². The van der Waals surface area contributed by atoms with Crippen LogP contribution in [0.3, 0.4) is 0 Å². The topological polar surface area (TPSA) is 326 Å². The average Bonchev–Trinajstić information content (AvgIpc) is 1.49. The monoisotopic (exact) mass is 2230 g/mol. The molecule has 8 N–H and O–H groups in total. The molecule has 1 aliphatic heterocycles. The van der Waals surface area contributed by atoms with Gasteiger partial charge in [0.05, 0.1) is 6.61 Å². The number of amides is 2. The Morgan fingerprint density at radius 2 is 0.641 bits per heavy atom. The molecule has 0 aliphatic carbocycles. The molecule has 1 saturated heterocycles. The second-order valence-corrected chi connectivity index (χ2v) is 34.9. The number of methoxy groups -OCH3 is 1. The minimum atomic E-state index is -4.73. The Hall–Kier alpha value is -9.76. The predicted octanol–water partition coefficient (Wildman–Crippen LogP) is 23.3. The highest BCUT2D eigenvalue weighted by Gasteiger charge is 2.45. The zero-order chi connectivity index (χ0) is 108. The number of nitrogens with zero attached hydrogens (tertiary/aromatic N) is 2. The number of benzene rings is 9. The van der Waals surface area contributed by atoms with E-state index in [-0.39, 0.29) is 117 Å². The molecule has 1 fully saturated rings. The highest BCUT2D eigenvalue weighted by Crippen LogP contribution is 2.43. The Morgan fingerprint density at radius 1 is 0.380 bits per heavy atom. The normalized spacial score (nSPS) is 14.0. The van der Waals surface area contributed by atoms with Crippen LogP contribution in [0.1, 0.15) is 113 Å². The summed E-state index contributed by atoms with van der Waals surface area (Å²) in [6.07, 6.45) is -56.2. The summed E-state index contributed by atoms with van der Waals surface area (Å²) in [4.78, 5) is 70.6. The van der Waals surface area contributed by atoms with Gasteiger partial charge in [0.2, 0.25) is 11.8 Å². The Balaban J connectivity index is 0.000000418. The lowest BCUT2D eigenvalue weighted by molar-refractivity contribution is -0.207. The van der Waals surface area contributed by atoms with Crippen LogP contribution in [0, 0.1) is 0 Å². The van der Waals surface area contributed by atoms with Crippen molar-refractivity contribution in [2.75, 3.05) is 64.2 Å². The molecule has 9 aromatic carbocycles. The first-order valence-corrected chi connectivity index (χ1v) is 46.8. The second kappa shape index (κ2) is 59.6. The van der Waals surface area contributed by atoms with Gasteiger partial charge in [0, 0.05) is 46.9 Å². The van der Waals surface area contributed by atoms with E-state index >= 15 is 0 Å². The quantitative estimate of drug-likeness (QED) is 0.00273. The van der Waals surface area contributed by atoms with Crippen LogP contribution in [0.25, 0.3) is 11.1 Å². The van der Waals surface area contributed by atoms with E-state index in [4.69, 9.17) is 61.9 Å². The number of alkyl halides is 26. The smallest absolute Gasteiger partial charge is 0.434 e. The van der Waals surface area contributed by atoms with Crippen LogP contribution in [0.4, 0.5) is 110 Å². The predicted molar refractivity (Wildman–Crippen MR) is 479 cm³/mol. The summed E-state index contributed by atoms with van der Waals surface area (Å²) in [7, 11) is 11.4. The number of carbonyl (C=O) groups is 6. The van der Waals surface area contributed by atoms with Gasteiger partial charge in [0.25, 0.3) is 0 Å². The van der Waals surface area contributed by atoms with Crippen molar-refractivity contribution in [3.05, 3.63) is 269 Å². The number of hydrogen-bond acceptors (Lipinski definition) is 26. The SMILES string of the molecule is CCOC(=O)Oc1ccc(C(O)C(F)(F)F)cc1.CN(C)CCSSc1ccc(C(O)C(F)(F)F)cc1.COCC(=O)Oc1ccc(C(O)C(F)(F)F)cc1.CSSc1ccc(C(O)C(F)(F)F)cc1.O=C(CBr)Oc1ccc(C(O)C(F)(F)F)cc1.O=C(CCl)Oc1ccc(C(O)C(F)(F)F)cc1.O=C1CCC(=O)N1Sc1ccc(C(O)C(F)(F)F)cc1.OC(c1ccc(-c2ccccc2)cc1)C(F)(F)F. The van der Waals surface area contributed by atoms with Gasteiger partial charge in [-0.3, -0.25) is 19.2 Å². The lowest BCUT2D eigenvalue weighted by atomic mass is 10.0. The third kappa shape index (κ3) is 47.0. The lowest BCUT2D eigenvalue weighted by Gasteiger charge is -2.16. The van der Waals surface area contributed by atoms with Crippen LogP contribution in [0.2, 0.25) is 0 Å². The Bertz CT molecular complexity index is 5100. The summed E-state index contributed by atoms with van der Waals surface area (Å²) < 4.78 is 322. The van der Waals surface area contributed by atoms with E-state index in [0.29, 0.717) is 4.90 Å². The van der Waals surface area contributed by atoms with Gasteiger partial charge in [-0.2, -0.15) is 105 Å². The lowest BCUT2D eigenvalue weighted by Crippen LogP contribution is -2.21. The van der Waals surface area contributed by atoms with Gasteiger partial charge in [0.1, 0.15) is 40.8 Å². The van der Waals surface area contributed by atoms with Crippen LogP contribution >= 0.6 is 82.7 Å². The number of aliphatic hydroxyl groups is 8. The van der Waals surface area contributed by atoms with Gasteiger partial charge >= 0.3 is 73.5 Å². The molecule has 0 bridgehead atoms. The first kappa shape index (κ1) is 126. The summed E-state index contributed by atoms with van der Waals surface area (Å²) >= 11 is 8.92. The van der Waals surface area contributed by atoms with E-state index in [2.05, 4.69) is 39.8 Å². The third-order valence-electron chi connectivity index (χ3n) is 17.0. The minimum Gasteiger partial charge on any atom is -0.434 e. The molecule has 8 atom stereocenters. The Labute approximate surface area is 826 Å². The van der Waals surface area contributed by atoms with Crippen molar-refractivity contribution in [2.45, 2.75) is 133 Å². The van der Waals surface area contributed by atoms with Gasteiger partial charge < -0.3 is 74.2 Å². The number of halogens is 26. The number of hydrogen-bond donors (Lipinski definition) is 8. The molecule has 0 aromatic heterocycles. The maximum absolute atomic E-state index is 12.3. The number of rotatable bonds is 27. The summed E-state index contributed by atoms with van der Waals surface area (Å²) in [5, 5.41) is 71.9. The summed E-state index contributed by atoms with van der Waals surface area (Å²) in [5.74, 6) is -1.70. The van der Waals surface area contributed by atoms with E-state index in [9.17, 15) is 134 Å². The molecule has 10 rings (SSSR count). The van der Waals surface area contributed by atoms with Gasteiger partial charge in [-0.15, -0.1) is 11.6 Å². The van der Waals surface area contributed by atoms with Crippen molar-refractivity contribution in [2.24, 2.45) is 0 Å². The van der Waals surface area contributed by atoms with Crippen molar-refractivity contribution >= 4 is 119 Å². The van der Waals surface area contributed by atoms with E-state index in [0.717, 1.165) is 147 Å². The van der Waals surface area contributed by atoms with E-state index < -0.39 is 122 Å². The van der Waals surface area contributed by atoms with Crippen LogP contribution in [0.15, 0.2) is 239 Å². The molecular formula is C89H84BrClF24N2O20S5. The molecular weight excluding hydrogens is 2150 g/mol. The van der Waals surface area contributed by atoms with E-state index in [1.807, 2.05) is 50.7 Å². The average molecular weight is 2230 g/mol. The number of imide groups is 1. The highest BCUT2D eigenvalue weighted by atomic mass is 79.9. The molecule has 22 nitrogen and oxygen atoms in total. The highest BCUT2D eigenvalue weighted by molar-refractivity contribution is 9.09. The molecule has 8 unspecified atom stereocenters. The first-order chi connectivity index (χ1) is 65.9. The molecule has 1 aliphatic rings. The Morgan fingerprint density at radius 3 is 0.908 bits per heavy atom. The first-order valence-electron chi connectivity index (χ1n) is 39.5. The third-order valence-corrected chi connectivity index (χ3v) is 22.8. The van der Waals surface area contributed by atoms with Crippen LogP contribution < -0.4 is 18.9 Å². The van der Waals surface area contributed by atoms with Crippen molar-refractivity contribution in [1.29, 1.82) is 0 Å². The fourth-order valence-electron chi connectivity index (χ4n) is 10.0. The summed E-state index contributed by atoms with van der Waals surface area (Å²) in [5.41, 5.74) is -0.266. The van der Waals surface area contributed by atoms with Gasteiger partial charge in [-0.1, -0.05) is 199 Å². The maximum Gasteiger partial charge on any atom is 0.513 e. The van der Waals surface area contributed by atoms with Crippen molar-refractivity contribution in [3.8, 4) is 34.1 Å². The fraction of sp³-hybridized carbons (Fsp3) is 0.326. The molecule has 142 heavy (non-hydrogen) atoms. The van der Waals surface area contributed by atoms with Crippen molar-refractivity contribution in [1.82, 2.24) is 9.21 Å². The molecule has 2 amide bonds. The molecule has 9 aromatic rings. The maximum atomic E-state index is 12.3. The zero-order valence-corrected chi connectivity index (χ0v) is 79.8. The summed E-state index contributed by atoms with van der Waals surface area (Å²) in [6.45, 7) is 2.41. The molecule has 782 valence electrons. The van der Waals surface area contributed by atoms with Crippen LogP contribution in [0.5, 0.6) is 23.0 Å². The van der Waals surface area contributed by atoms with Gasteiger partial charge in [-0.05, 0) is 180 Å². The standard InChI is InChI=1S/C14H11F3O.C12H10F3NO3S.C12H16F3NOS2.2C11H11F3O4.C10H8BrF3O3.C10H8ClF3O3.C9H9F3OS2/c15-14(16,17)13(18)12-8-6-11(7-9-12)10-4-2-1-3-5-10;13-12(14,15)11(19)7-1-3-8(4-2-7)20-16-9(17)5-6-10(16)18;1-16(2)7-8-18-19-10-5-3-9(4-6-10)11(17)12(13,14)15;1-17-6-9(15)18-8-4-2-7(3-5-8)10(16)11(12,13)14;1-2-17-10(16)18-8-5-3-7(4-6-8)9(15)11(12,13)14;2*11-5-8(15)17-7-3-1-6(2-4-7)9(16)10(12,13)14;1-14-15-7-4-2-6(3-5-7)8(13)9(10,11)12/h1-9,13,18H;1-4,11,19H,5-6H2;3-6,11,17H,7-8H2,1-2H3;2-5,10,16H,6H2,1H3;3-6,9,15H,2H2,1H3;2*1-4,9,16H,5H2;2-5,8,13H,1H3. The number of esters is 3. The second-order valence-electron chi connectivity index (χ2n) is 28.1. The molecule has 0 radical (unpaired) electrons. The molecule has 1 heterocycles. The fourth-order valence-corrected chi connectivity index (χ4v) is 14.5. The molecule has 53 heteroatoms. The van der Waals surface area contributed by atoms with Gasteiger partial charge in [-0.25, -0.2) is 13.9 Å².